The molecular formula is C28H35N7O4S. The lowest BCUT2D eigenvalue weighted by Crippen LogP contribution is -2.41. The third-order valence-corrected chi connectivity index (χ3v) is 7.79. The number of nitrogens with two attached hydrogens (primary N) is 2. The van der Waals surface area contributed by atoms with Crippen molar-refractivity contribution in [3.63, 3.8) is 0 Å². The molecule has 1 amide bonds. The minimum Gasteiger partial charge on any atom is -0.490 e. The second kappa shape index (κ2) is 12.5. The van der Waals surface area contributed by atoms with Crippen molar-refractivity contribution in [1.82, 2.24) is 14.5 Å². The van der Waals surface area contributed by atoms with Crippen LogP contribution >= 0.6 is 0 Å². The molecule has 0 unspecified atom stereocenters. The molecule has 4 rings (SSSR count). The van der Waals surface area contributed by atoms with Gasteiger partial charge in [-0.15, -0.1) is 0 Å². The Morgan fingerprint density at radius 2 is 1.77 bits per heavy atom. The molecule has 0 bridgehead atoms. The van der Waals surface area contributed by atoms with Gasteiger partial charge < -0.3 is 20.7 Å². The highest BCUT2D eigenvalue weighted by atomic mass is 32.2. The Hall–Kier alpha value is -4.00. The predicted molar refractivity (Wildman–Crippen MR) is 157 cm³/mol. The van der Waals surface area contributed by atoms with Crippen LogP contribution in [0.5, 0.6) is 5.75 Å². The number of likely N-dealkylation sites (tertiary alicyclic amines) is 1. The van der Waals surface area contributed by atoms with Gasteiger partial charge in [-0.2, -0.15) is 12.7 Å². The topological polar surface area (TPSA) is 167 Å². The molecule has 3 aromatic carbocycles. The summed E-state index contributed by atoms with van der Waals surface area (Å²) in [4.78, 5) is 18.7. The normalized spacial score (nSPS) is 14.9. The van der Waals surface area contributed by atoms with Crippen molar-refractivity contribution in [3.05, 3.63) is 71.8 Å². The van der Waals surface area contributed by atoms with E-state index < -0.39 is 16.1 Å². The van der Waals surface area contributed by atoms with Crippen LogP contribution in [0.1, 0.15) is 30.9 Å². The zero-order valence-electron chi connectivity index (χ0n) is 22.6. The number of carbonyl (C=O) groups is 1. The molecule has 1 fully saturated rings. The molecule has 1 aliphatic heterocycles. The molecular weight excluding hydrogens is 530 g/mol. The van der Waals surface area contributed by atoms with Gasteiger partial charge in [-0.05, 0) is 59.7 Å². The zero-order chi connectivity index (χ0) is 28.9. The summed E-state index contributed by atoms with van der Waals surface area (Å²) >= 11 is 0. The lowest BCUT2D eigenvalue weighted by Gasteiger charge is -2.32. The fraction of sp³-hybridized carbons (Fsp3) is 0.321. The highest BCUT2D eigenvalue weighted by molar-refractivity contribution is 7.86. The molecule has 3 aromatic rings. The summed E-state index contributed by atoms with van der Waals surface area (Å²) in [6.45, 7) is 3.35. The number of rotatable bonds is 9. The lowest BCUT2D eigenvalue weighted by molar-refractivity contribution is -0.121. The number of aliphatic imine (C=N–C) groups is 1. The van der Waals surface area contributed by atoms with E-state index in [1.807, 2.05) is 67.6 Å². The van der Waals surface area contributed by atoms with Crippen molar-refractivity contribution in [2.45, 2.75) is 32.4 Å². The molecule has 12 heteroatoms. The molecule has 1 saturated heterocycles. The SMILES string of the molecule is CC(=N)N1CCC(Oc2ccc(N=C(N)c3ccc4ccc(CNC(=O)CN(C)S(N)(=O)=O)cc4c3)cc2)CC1. The second-order valence-electron chi connectivity index (χ2n) is 9.85. The number of nitrogens with zero attached hydrogens (tertiary/aromatic N) is 3. The monoisotopic (exact) mass is 565 g/mol. The van der Waals surface area contributed by atoms with Gasteiger partial charge in [-0.1, -0.05) is 24.3 Å². The maximum absolute atomic E-state index is 12.1. The summed E-state index contributed by atoms with van der Waals surface area (Å²) in [6.07, 6.45) is 1.90. The molecule has 0 saturated carbocycles. The molecule has 0 aliphatic carbocycles. The van der Waals surface area contributed by atoms with Crippen LogP contribution in [0.15, 0.2) is 65.7 Å². The van der Waals surface area contributed by atoms with E-state index in [-0.39, 0.29) is 19.2 Å². The van der Waals surface area contributed by atoms with Crippen LogP contribution in [0.25, 0.3) is 10.8 Å². The number of amidine groups is 2. The van der Waals surface area contributed by atoms with Crippen LogP contribution in [-0.4, -0.2) is 68.0 Å². The average molecular weight is 566 g/mol. The number of ether oxygens (including phenoxy) is 1. The minimum absolute atomic E-state index is 0.134. The van der Waals surface area contributed by atoms with Crippen LogP contribution in [0.3, 0.4) is 0 Å². The first-order valence-corrected chi connectivity index (χ1v) is 14.4. The number of fused-ring (bicyclic) bond motifs is 1. The molecule has 0 aromatic heterocycles. The quantitative estimate of drug-likeness (QED) is 0.230. The first-order valence-electron chi connectivity index (χ1n) is 12.9. The summed E-state index contributed by atoms with van der Waals surface area (Å²) in [5.74, 6) is 1.29. The van der Waals surface area contributed by atoms with Gasteiger partial charge in [0, 0.05) is 45.1 Å². The average Bonchev–Trinajstić information content (AvgIpc) is 2.92. The maximum Gasteiger partial charge on any atom is 0.277 e. The summed E-state index contributed by atoms with van der Waals surface area (Å²) in [5, 5.41) is 17.4. The smallest absolute Gasteiger partial charge is 0.277 e. The number of likely N-dealkylation sites (N-methyl/N-ethyl adjacent to an activating group) is 1. The Morgan fingerprint density at radius 3 is 2.42 bits per heavy atom. The van der Waals surface area contributed by atoms with E-state index in [9.17, 15) is 13.2 Å². The van der Waals surface area contributed by atoms with Crippen LogP contribution in [0.4, 0.5) is 5.69 Å². The highest BCUT2D eigenvalue weighted by Gasteiger charge is 2.20. The van der Waals surface area contributed by atoms with Crippen molar-refractivity contribution in [3.8, 4) is 5.75 Å². The molecule has 0 spiro atoms. The highest BCUT2D eigenvalue weighted by Crippen LogP contribution is 2.24. The van der Waals surface area contributed by atoms with Gasteiger partial charge >= 0.3 is 0 Å². The Morgan fingerprint density at radius 1 is 1.10 bits per heavy atom. The first-order chi connectivity index (χ1) is 19.0. The Kier molecular flexibility index (Phi) is 9.03. The van der Waals surface area contributed by atoms with Crippen LogP contribution in [0.2, 0.25) is 0 Å². The molecule has 1 aliphatic rings. The van der Waals surface area contributed by atoms with Gasteiger partial charge in [0.2, 0.25) is 5.91 Å². The Bertz CT molecular complexity index is 1520. The Balaban J connectivity index is 1.38. The van der Waals surface area contributed by atoms with Crippen molar-refractivity contribution in [2.24, 2.45) is 15.9 Å². The standard InChI is InChI=1S/C28H35N7O4S/c1-19(29)35-13-11-26(12-14-35)39-25-9-7-24(8-10-25)33-28(30)22-6-5-21-4-3-20(15-23(21)16-22)17-32-27(36)18-34(2)40(31,37)38/h3-10,15-16,26,29H,11-14,17-18H2,1-2H3,(H2,30,33)(H,32,36)(H2,31,37,38). The molecule has 212 valence electrons. The van der Waals surface area contributed by atoms with E-state index in [1.54, 1.807) is 0 Å². The first kappa shape index (κ1) is 29.0. The van der Waals surface area contributed by atoms with Gasteiger partial charge in [0.05, 0.1) is 18.1 Å². The number of benzene rings is 3. The largest absolute Gasteiger partial charge is 0.490 e. The third-order valence-electron chi connectivity index (χ3n) is 6.80. The summed E-state index contributed by atoms with van der Waals surface area (Å²) in [5.41, 5.74) is 8.65. The van der Waals surface area contributed by atoms with E-state index in [4.69, 9.17) is 21.0 Å². The number of piperidine rings is 1. The number of carbonyl (C=O) groups excluding carboxylic acids is 1. The maximum atomic E-state index is 12.1. The van der Waals surface area contributed by atoms with E-state index in [0.29, 0.717) is 17.4 Å². The van der Waals surface area contributed by atoms with Gasteiger partial charge in [-0.3, -0.25) is 10.2 Å². The number of hydrogen-bond donors (Lipinski definition) is 4. The van der Waals surface area contributed by atoms with Crippen LogP contribution in [-0.2, 0) is 21.5 Å². The van der Waals surface area contributed by atoms with E-state index in [0.717, 1.165) is 57.9 Å². The molecule has 6 N–H and O–H groups in total. The molecule has 1 heterocycles. The van der Waals surface area contributed by atoms with Gasteiger partial charge in [0.1, 0.15) is 17.7 Å². The van der Waals surface area contributed by atoms with E-state index in [1.165, 1.54) is 7.05 Å². The zero-order valence-corrected chi connectivity index (χ0v) is 23.4. The summed E-state index contributed by atoms with van der Waals surface area (Å²) in [7, 11) is -2.68. The fourth-order valence-electron chi connectivity index (χ4n) is 4.42. The lowest BCUT2D eigenvalue weighted by atomic mass is 10.0. The second-order valence-corrected chi connectivity index (χ2v) is 11.5. The van der Waals surface area contributed by atoms with Crippen LogP contribution < -0.4 is 20.9 Å². The van der Waals surface area contributed by atoms with Crippen molar-refractivity contribution in [1.29, 1.82) is 5.41 Å². The summed E-state index contributed by atoms with van der Waals surface area (Å²) in [6, 6.07) is 19.1. The van der Waals surface area contributed by atoms with Gasteiger partial charge in [0.15, 0.2) is 0 Å². The van der Waals surface area contributed by atoms with E-state index >= 15 is 0 Å². The third kappa shape index (κ3) is 7.78. The van der Waals surface area contributed by atoms with Gasteiger partial charge in [0.25, 0.3) is 10.2 Å². The van der Waals surface area contributed by atoms with Gasteiger partial charge in [-0.25, -0.2) is 10.1 Å². The molecule has 0 radical (unpaired) electrons. The van der Waals surface area contributed by atoms with E-state index in [2.05, 4.69) is 15.2 Å². The number of nitrogens with one attached hydrogen (secondary N) is 2. The minimum atomic E-state index is -3.92. The van der Waals surface area contributed by atoms with Crippen molar-refractivity contribution >= 4 is 44.2 Å². The number of amides is 1. The molecule has 0 atom stereocenters. The van der Waals surface area contributed by atoms with Crippen molar-refractivity contribution in [2.75, 3.05) is 26.7 Å². The fourth-order valence-corrected chi connectivity index (χ4v) is 4.72. The van der Waals surface area contributed by atoms with Crippen molar-refractivity contribution < 1.29 is 17.9 Å². The van der Waals surface area contributed by atoms with Crippen LogP contribution in [0, 0.1) is 5.41 Å². The summed E-state index contributed by atoms with van der Waals surface area (Å²) < 4.78 is 29.5. The predicted octanol–water partition coefficient (Wildman–Crippen LogP) is 2.47. The number of hydrogen-bond acceptors (Lipinski definition) is 6. The molecule has 11 nitrogen and oxygen atoms in total. The Labute approximate surface area is 234 Å². The molecule has 40 heavy (non-hydrogen) atoms.